The highest BCUT2D eigenvalue weighted by atomic mass is 35.5. The van der Waals surface area contributed by atoms with Gasteiger partial charge in [0.2, 0.25) is 11.8 Å². The Kier molecular flexibility index (Phi) is 6.79. The molecule has 9 nitrogen and oxygen atoms in total. The predicted molar refractivity (Wildman–Crippen MR) is 148 cm³/mol. The van der Waals surface area contributed by atoms with Gasteiger partial charge in [-0.25, -0.2) is 14.4 Å². The van der Waals surface area contributed by atoms with Gasteiger partial charge in [-0.1, -0.05) is 17.7 Å². The fraction of sp³-hybridized carbons (Fsp3) is 0.310. The third kappa shape index (κ3) is 4.83. The maximum Gasteiger partial charge on any atom is 0.247 e. The third-order valence-electron chi connectivity index (χ3n) is 7.50. The molecule has 1 fully saturated rings. The highest BCUT2D eigenvalue weighted by Gasteiger charge is 2.35. The van der Waals surface area contributed by atoms with Gasteiger partial charge >= 0.3 is 0 Å². The van der Waals surface area contributed by atoms with E-state index in [2.05, 4.69) is 20.4 Å². The second kappa shape index (κ2) is 10.4. The number of benzene rings is 2. The van der Waals surface area contributed by atoms with Gasteiger partial charge < -0.3 is 10.2 Å². The van der Waals surface area contributed by atoms with Gasteiger partial charge in [0.25, 0.3) is 0 Å². The van der Waals surface area contributed by atoms with E-state index in [9.17, 15) is 18.8 Å². The van der Waals surface area contributed by atoms with Crippen LogP contribution in [-0.2, 0) is 29.0 Å². The van der Waals surface area contributed by atoms with E-state index in [0.717, 1.165) is 16.7 Å². The number of nitrogens with zero attached hydrogens (tertiary/aromatic N) is 5. The SMILES string of the molecule is CC(=O)c1nn2c3cc(ccc13)-c1cnc(nc1)CCCc1cc(Cl)c(F)c(c1)NC(=O)[C@@H]1CCCN1C(=O)C2. The molecule has 204 valence electrons. The van der Waals surface area contributed by atoms with Gasteiger partial charge in [0.1, 0.15) is 24.1 Å². The number of hydrogen-bond donors (Lipinski definition) is 1. The summed E-state index contributed by atoms with van der Waals surface area (Å²) in [7, 11) is 0. The number of ketones is 1. The first-order valence-electron chi connectivity index (χ1n) is 13.2. The minimum atomic E-state index is -0.764. The number of nitrogens with one attached hydrogen (secondary N) is 1. The summed E-state index contributed by atoms with van der Waals surface area (Å²) in [6.07, 6.45) is 6.45. The van der Waals surface area contributed by atoms with E-state index in [1.165, 1.54) is 16.5 Å². The molecule has 0 spiro atoms. The van der Waals surface area contributed by atoms with Gasteiger partial charge in [0, 0.05) is 43.2 Å². The average molecular weight is 561 g/mol. The molecule has 2 aromatic carbocycles. The van der Waals surface area contributed by atoms with Crippen molar-refractivity contribution in [1.29, 1.82) is 0 Å². The molecular formula is C29H26ClFN6O3. The Morgan fingerprint density at radius 2 is 1.88 bits per heavy atom. The van der Waals surface area contributed by atoms with Crippen LogP contribution in [0.5, 0.6) is 0 Å². The first-order valence-corrected chi connectivity index (χ1v) is 13.6. The molecule has 40 heavy (non-hydrogen) atoms. The highest BCUT2D eigenvalue weighted by Crippen LogP contribution is 2.29. The zero-order valence-electron chi connectivity index (χ0n) is 21.8. The first-order chi connectivity index (χ1) is 19.3. The van der Waals surface area contributed by atoms with Crippen LogP contribution in [0.15, 0.2) is 42.7 Å². The Morgan fingerprint density at radius 3 is 2.65 bits per heavy atom. The number of aromatic nitrogens is 4. The minimum absolute atomic E-state index is 0.0153. The Balaban J connectivity index is 1.43. The summed E-state index contributed by atoms with van der Waals surface area (Å²) in [5.41, 5.74) is 3.25. The number of halogens is 2. The van der Waals surface area contributed by atoms with Crippen molar-refractivity contribution in [2.75, 3.05) is 11.9 Å². The fourth-order valence-electron chi connectivity index (χ4n) is 5.47. The zero-order chi connectivity index (χ0) is 28.0. The molecule has 3 aliphatic heterocycles. The fourth-order valence-corrected chi connectivity index (χ4v) is 5.71. The van der Waals surface area contributed by atoms with Gasteiger partial charge in [-0.15, -0.1) is 0 Å². The lowest BCUT2D eigenvalue weighted by Crippen LogP contribution is -2.44. The number of aryl methyl sites for hydroxylation is 2. The number of amides is 2. The maximum atomic E-state index is 14.9. The maximum absolute atomic E-state index is 14.9. The van der Waals surface area contributed by atoms with Crippen LogP contribution in [0.4, 0.5) is 10.1 Å². The van der Waals surface area contributed by atoms with Crippen LogP contribution in [0, 0.1) is 5.82 Å². The van der Waals surface area contributed by atoms with E-state index in [1.807, 2.05) is 18.2 Å². The molecule has 2 aromatic heterocycles. The molecule has 0 unspecified atom stereocenters. The van der Waals surface area contributed by atoms with Crippen LogP contribution in [0.2, 0.25) is 5.02 Å². The Morgan fingerprint density at radius 1 is 1.07 bits per heavy atom. The van der Waals surface area contributed by atoms with Crippen molar-refractivity contribution >= 4 is 45.8 Å². The monoisotopic (exact) mass is 560 g/mol. The van der Waals surface area contributed by atoms with E-state index in [0.29, 0.717) is 55.4 Å². The summed E-state index contributed by atoms with van der Waals surface area (Å²) in [6.45, 7) is 1.65. The van der Waals surface area contributed by atoms with Crippen molar-refractivity contribution in [1.82, 2.24) is 24.6 Å². The van der Waals surface area contributed by atoms with Crippen molar-refractivity contribution in [3.05, 3.63) is 70.6 Å². The van der Waals surface area contributed by atoms with Crippen LogP contribution >= 0.6 is 11.6 Å². The number of fused-ring (bicyclic) bond motifs is 6. The van der Waals surface area contributed by atoms with Crippen molar-refractivity contribution in [3.8, 4) is 11.1 Å². The van der Waals surface area contributed by atoms with Gasteiger partial charge in [0.15, 0.2) is 11.6 Å². The summed E-state index contributed by atoms with van der Waals surface area (Å²) in [5.74, 6) is -1.07. The standard InChI is InChI=1S/C29H26ClFN6O3/c1-16(38)28-20-8-7-18-12-24(20)37(35-28)15-26(39)36-9-3-5-23(36)29(40)34-22-11-17(10-21(30)27(22)31)4-2-6-25-32-13-19(18)14-33-25/h7-8,10-14,23H,2-6,9,15H2,1H3,(H,34,40)/t23-/m0/s1. The molecule has 0 saturated carbocycles. The number of carbonyl (C=O) groups is 3. The van der Waals surface area contributed by atoms with Gasteiger partial charge in [-0.3, -0.25) is 19.1 Å². The summed E-state index contributed by atoms with van der Waals surface area (Å²) >= 11 is 6.16. The average Bonchev–Trinajstić information content (AvgIpc) is 3.57. The zero-order valence-corrected chi connectivity index (χ0v) is 22.5. The van der Waals surface area contributed by atoms with Crippen LogP contribution in [-0.4, -0.2) is 54.8 Å². The van der Waals surface area contributed by atoms with Gasteiger partial charge in [-0.05, 0) is 61.1 Å². The molecule has 3 aliphatic rings. The van der Waals surface area contributed by atoms with E-state index in [4.69, 9.17) is 11.6 Å². The lowest BCUT2D eigenvalue weighted by molar-refractivity contribution is -0.137. The normalized spacial score (nSPS) is 17.8. The van der Waals surface area contributed by atoms with Crippen LogP contribution < -0.4 is 5.32 Å². The molecule has 5 heterocycles. The lowest BCUT2D eigenvalue weighted by atomic mass is 10.0. The summed E-state index contributed by atoms with van der Waals surface area (Å²) < 4.78 is 16.4. The molecule has 2 amide bonds. The lowest BCUT2D eigenvalue weighted by Gasteiger charge is -2.24. The van der Waals surface area contributed by atoms with E-state index in [-0.39, 0.29) is 34.6 Å². The summed E-state index contributed by atoms with van der Waals surface area (Å²) in [4.78, 5) is 49.7. The molecule has 1 atom stereocenters. The Bertz CT molecular complexity index is 1670. The van der Waals surface area contributed by atoms with Crippen molar-refractivity contribution in [3.63, 3.8) is 0 Å². The molecular weight excluding hydrogens is 535 g/mol. The van der Waals surface area contributed by atoms with Crippen molar-refractivity contribution < 1.29 is 18.8 Å². The van der Waals surface area contributed by atoms with Crippen molar-refractivity contribution in [2.45, 2.75) is 51.6 Å². The van der Waals surface area contributed by atoms with Crippen LogP contribution in [0.25, 0.3) is 22.0 Å². The van der Waals surface area contributed by atoms with Crippen molar-refractivity contribution in [2.24, 2.45) is 0 Å². The molecule has 4 aromatic rings. The Labute approximate surface area is 234 Å². The number of hydrogen-bond acceptors (Lipinski definition) is 6. The van der Waals surface area contributed by atoms with Gasteiger partial charge in [0.05, 0.1) is 16.2 Å². The number of anilines is 1. The first kappa shape index (κ1) is 26.1. The quantitative estimate of drug-likeness (QED) is 0.341. The number of carbonyl (C=O) groups excluding carboxylic acids is 3. The Hall–Kier alpha value is -4.18. The predicted octanol–water partition coefficient (Wildman–Crippen LogP) is 4.61. The topological polar surface area (TPSA) is 110 Å². The largest absolute Gasteiger partial charge is 0.329 e. The summed E-state index contributed by atoms with van der Waals surface area (Å²) in [6, 6.07) is 7.93. The minimum Gasteiger partial charge on any atom is -0.329 e. The number of rotatable bonds is 1. The molecule has 7 rings (SSSR count). The van der Waals surface area contributed by atoms with E-state index in [1.54, 1.807) is 24.5 Å². The van der Waals surface area contributed by atoms with Crippen LogP contribution in [0.1, 0.15) is 48.1 Å². The molecule has 6 bridgehead atoms. The van der Waals surface area contributed by atoms with Crippen LogP contribution in [0.3, 0.4) is 0 Å². The van der Waals surface area contributed by atoms with Gasteiger partial charge in [-0.2, -0.15) is 5.10 Å². The molecule has 0 aliphatic carbocycles. The molecule has 1 N–H and O–H groups in total. The smallest absolute Gasteiger partial charge is 0.247 e. The third-order valence-corrected chi connectivity index (χ3v) is 7.77. The van der Waals surface area contributed by atoms with E-state index < -0.39 is 17.8 Å². The highest BCUT2D eigenvalue weighted by molar-refractivity contribution is 6.31. The molecule has 0 radical (unpaired) electrons. The second-order valence-electron chi connectivity index (χ2n) is 10.2. The summed E-state index contributed by atoms with van der Waals surface area (Å²) in [5, 5.41) is 7.67. The van der Waals surface area contributed by atoms with E-state index >= 15 is 0 Å². The second-order valence-corrected chi connectivity index (χ2v) is 10.6. The molecule has 1 saturated heterocycles. The number of Topliss-reactive ketones (excluding diaryl/α,β-unsaturated/α-hetero) is 1. The molecule has 11 heteroatoms.